The van der Waals surface area contributed by atoms with Gasteiger partial charge in [-0.25, -0.2) is 0 Å². The average Bonchev–Trinajstić information content (AvgIpc) is 3.09. The van der Waals surface area contributed by atoms with Gasteiger partial charge >= 0.3 is 0 Å². The van der Waals surface area contributed by atoms with E-state index in [1.807, 2.05) is 55.7 Å². The zero-order chi connectivity index (χ0) is 22.2. The maximum Gasteiger partial charge on any atom is 0.273 e. The quantitative estimate of drug-likeness (QED) is 0.430. The molecular weight excluding hydrogens is 394 g/mol. The predicted octanol–water partition coefficient (Wildman–Crippen LogP) is 3.58. The zero-order valence-electron chi connectivity index (χ0n) is 18.0. The van der Waals surface area contributed by atoms with E-state index in [9.17, 15) is 9.59 Å². The van der Waals surface area contributed by atoms with Gasteiger partial charge in [-0.1, -0.05) is 30.3 Å². The summed E-state index contributed by atoms with van der Waals surface area (Å²) in [5.74, 6) is -0.424. The van der Waals surface area contributed by atoms with E-state index in [4.69, 9.17) is 9.47 Å². The lowest BCUT2D eigenvalue weighted by Crippen LogP contribution is -2.42. The van der Waals surface area contributed by atoms with Crippen molar-refractivity contribution in [3.8, 4) is 11.4 Å². The van der Waals surface area contributed by atoms with Crippen molar-refractivity contribution >= 4 is 11.8 Å². The SMILES string of the molecule is CCOCCOc1ccccc1C(=O)NNC(=O)c1cc(C)n(-c2ccccc2)c1C. The highest BCUT2D eigenvalue weighted by molar-refractivity contribution is 6.01. The molecule has 31 heavy (non-hydrogen) atoms. The first kappa shape index (κ1) is 22.1. The van der Waals surface area contributed by atoms with E-state index in [-0.39, 0.29) is 0 Å². The Bertz CT molecular complexity index is 1040. The summed E-state index contributed by atoms with van der Waals surface area (Å²) in [6.07, 6.45) is 0. The number of hydrazine groups is 1. The molecule has 0 aliphatic carbocycles. The van der Waals surface area contributed by atoms with Crippen LogP contribution in [0.5, 0.6) is 5.75 Å². The first-order chi connectivity index (χ1) is 15.0. The second-order valence-corrected chi connectivity index (χ2v) is 6.91. The highest BCUT2D eigenvalue weighted by Crippen LogP contribution is 2.21. The first-order valence-corrected chi connectivity index (χ1v) is 10.2. The highest BCUT2D eigenvalue weighted by atomic mass is 16.5. The fourth-order valence-electron chi connectivity index (χ4n) is 3.35. The molecule has 7 nitrogen and oxygen atoms in total. The van der Waals surface area contributed by atoms with Gasteiger partial charge in [0.15, 0.2) is 0 Å². The Balaban J connectivity index is 1.67. The predicted molar refractivity (Wildman–Crippen MR) is 119 cm³/mol. The molecule has 7 heteroatoms. The van der Waals surface area contributed by atoms with Crippen molar-refractivity contribution in [1.82, 2.24) is 15.4 Å². The van der Waals surface area contributed by atoms with Crippen molar-refractivity contribution in [2.24, 2.45) is 0 Å². The Labute approximate surface area is 182 Å². The van der Waals surface area contributed by atoms with Crippen LogP contribution in [0.15, 0.2) is 60.7 Å². The fraction of sp³-hybridized carbons (Fsp3) is 0.250. The number of hydrogen-bond acceptors (Lipinski definition) is 4. The molecule has 2 aromatic carbocycles. The molecule has 2 N–H and O–H groups in total. The van der Waals surface area contributed by atoms with E-state index in [1.54, 1.807) is 30.3 Å². The number of amides is 2. The lowest BCUT2D eigenvalue weighted by molar-refractivity contribution is 0.0840. The Hall–Kier alpha value is -3.58. The van der Waals surface area contributed by atoms with E-state index in [0.717, 1.165) is 17.1 Å². The smallest absolute Gasteiger partial charge is 0.273 e. The Kier molecular flexibility index (Phi) is 7.45. The summed E-state index contributed by atoms with van der Waals surface area (Å²) >= 11 is 0. The normalized spacial score (nSPS) is 10.5. The lowest BCUT2D eigenvalue weighted by Gasteiger charge is -2.12. The lowest BCUT2D eigenvalue weighted by atomic mass is 10.2. The van der Waals surface area contributed by atoms with Crippen molar-refractivity contribution in [2.45, 2.75) is 20.8 Å². The van der Waals surface area contributed by atoms with Crippen LogP contribution in [0.4, 0.5) is 0 Å². The molecule has 0 fully saturated rings. The minimum atomic E-state index is -0.461. The third-order valence-corrected chi connectivity index (χ3v) is 4.80. The summed E-state index contributed by atoms with van der Waals surface area (Å²) in [4.78, 5) is 25.4. The third kappa shape index (κ3) is 5.32. The topological polar surface area (TPSA) is 81.6 Å². The molecule has 0 unspecified atom stereocenters. The molecule has 162 valence electrons. The zero-order valence-corrected chi connectivity index (χ0v) is 18.0. The van der Waals surface area contributed by atoms with Crippen molar-refractivity contribution in [1.29, 1.82) is 0 Å². The Morgan fingerprint density at radius 3 is 2.23 bits per heavy atom. The molecule has 3 aromatic rings. The minimum absolute atomic E-state index is 0.328. The van der Waals surface area contributed by atoms with Crippen LogP contribution in [-0.4, -0.2) is 36.2 Å². The first-order valence-electron chi connectivity index (χ1n) is 10.2. The number of rotatable bonds is 8. The molecule has 0 aliphatic rings. The van der Waals surface area contributed by atoms with Crippen molar-refractivity contribution in [3.05, 3.63) is 83.2 Å². The number of carbonyl (C=O) groups excluding carboxylic acids is 2. The van der Waals surface area contributed by atoms with Crippen LogP contribution < -0.4 is 15.6 Å². The summed E-state index contributed by atoms with van der Waals surface area (Å²) < 4.78 is 12.9. The molecule has 0 radical (unpaired) electrons. The molecule has 2 amide bonds. The van der Waals surface area contributed by atoms with Crippen molar-refractivity contribution in [2.75, 3.05) is 19.8 Å². The maximum atomic E-state index is 12.7. The molecule has 1 heterocycles. The molecule has 0 bridgehead atoms. The van der Waals surface area contributed by atoms with Crippen LogP contribution in [0.3, 0.4) is 0 Å². The van der Waals surface area contributed by atoms with E-state index < -0.39 is 11.8 Å². The molecule has 0 saturated carbocycles. The average molecular weight is 421 g/mol. The van der Waals surface area contributed by atoms with Gasteiger partial charge in [0.2, 0.25) is 0 Å². The Morgan fingerprint density at radius 2 is 1.52 bits per heavy atom. The molecule has 0 spiro atoms. The van der Waals surface area contributed by atoms with Crippen molar-refractivity contribution in [3.63, 3.8) is 0 Å². The van der Waals surface area contributed by atoms with Gasteiger partial charge in [0.1, 0.15) is 12.4 Å². The van der Waals surface area contributed by atoms with E-state index >= 15 is 0 Å². The highest BCUT2D eigenvalue weighted by Gasteiger charge is 2.18. The van der Waals surface area contributed by atoms with Gasteiger partial charge < -0.3 is 14.0 Å². The largest absolute Gasteiger partial charge is 0.490 e. The third-order valence-electron chi connectivity index (χ3n) is 4.80. The van der Waals surface area contributed by atoms with Gasteiger partial charge in [0.25, 0.3) is 11.8 Å². The fourth-order valence-corrected chi connectivity index (χ4v) is 3.35. The number of hydrogen-bond donors (Lipinski definition) is 2. The van der Waals surface area contributed by atoms with Gasteiger partial charge in [-0.15, -0.1) is 0 Å². The number of ether oxygens (including phenoxy) is 2. The van der Waals surface area contributed by atoms with Crippen LogP contribution >= 0.6 is 0 Å². The second kappa shape index (κ2) is 10.4. The van der Waals surface area contributed by atoms with Crippen LogP contribution in [-0.2, 0) is 4.74 Å². The summed E-state index contributed by atoms with van der Waals surface area (Å²) in [7, 11) is 0. The molecule has 0 aliphatic heterocycles. The monoisotopic (exact) mass is 421 g/mol. The molecule has 1 aromatic heterocycles. The van der Waals surface area contributed by atoms with E-state index in [1.165, 1.54) is 0 Å². The van der Waals surface area contributed by atoms with Gasteiger partial charge in [-0.05, 0) is 51.1 Å². The maximum absolute atomic E-state index is 12.7. The number of benzene rings is 2. The molecule has 0 saturated heterocycles. The molecular formula is C24H27N3O4. The van der Waals surface area contributed by atoms with Gasteiger partial charge in [0.05, 0.1) is 17.7 Å². The van der Waals surface area contributed by atoms with Crippen LogP contribution in [0.1, 0.15) is 39.0 Å². The standard InChI is InChI=1S/C24H27N3O4/c1-4-30-14-15-31-22-13-9-8-12-20(22)23(28)25-26-24(29)21-16-17(2)27(18(21)3)19-10-6-5-7-11-19/h5-13,16H,4,14-15H2,1-3H3,(H,25,28)(H,26,29). The Morgan fingerprint density at radius 1 is 0.871 bits per heavy atom. The minimum Gasteiger partial charge on any atom is -0.490 e. The van der Waals surface area contributed by atoms with Gasteiger partial charge in [-0.3, -0.25) is 20.4 Å². The second-order valence-electron chi connectivity index (χ2n) is 6.91. The van der Waals surface area contributed by atoms with Gasteiger partial charge in [0, 0.05) is 23.7 Å². The van der Waals surface area contributed by atoms with E-state index in [2.05, 4.69) is 10.9 Å². The van der Waals surface area contributed by atoms with Crippen LogP contribution in [0.25, 0.3) is 5.69 Å². The summed E-state index contributed by atoms with van der Waals surface area (Å²) in [5, 5.41) is 0. The van der Waals surface area contributed by atoms with Crippen molar-refractivity contribution < 1.29 is 19.1 Å². The summed E-state index contributed by atoms with van der Waals surface area (Å²) in [6.45, 7) is 7.07. The van der Waals surface area contributed by atoms with Crippen LogP contribution in [0.2, 0.25) is 0 Å². The number of nitrogens with zero attached hydrogens (tertiary/aromatic N) is 1. The van der Waals surface area contributed by atoms with Crippen LogP contribution in [0, 0.1) is 13.8 Å². The number of nitrogens with one attached hydrogen (secondary N) is 2. The van der Waals surface area contributed by atoms with E-state index in [0.29, 0.717) is 36.7 Å². The summed E-state index contributed by atoms with van der Waals surface area (Å²) in [5.41, 5.74) is 8.48. The number of aromatic nitrogens is 1. The number of carbonyl (C=O) groups is 2. The molecule has 0 atom stereocenters. The van der Waals surface area contributed by atoms with Gasteiger partial charge in [-0.2, -0.15) is 0 Å². The number of para-hydroxylation sites is 2. The summed E-state index contributed by atoms with van der Waals surface area (Å²) in [6, 6.07) is 18.5. The number of aryl methyl sites for hydroxylation is 1. The molecule has 3 rings (SSSR count).